The number of anilines is 1. The van der Waals surface area contributed by atoms with Gasteiger partial charge in [-0.05, 0) is 54.9 Å². The van der Waals surface area contributed by atoms with Gasteiger partial charge >= 0.3 is 5.97 Å². The van der Waals surface area contributed by atoms with Gasteiger partial charge in [0.25, 0.3) is 0 Å². The van der Waals surface area contributed by atoms with E-state index in [-0.39, 0.29) is 5.97 Å². The number of nitrogens with one attached hydrogen (secondary N) is 1. The predicted molar refractivity (Wildman–Crippen MR) is 73.5 cm³/mol. The Hall–Kier alpha value is -0.740. The average molecular weight is 321 g/mol. The van der Waals surface area contributed by atoms with Crippen LogP contribution in [-0.4, -0.2) is 18.1 Å². The van der Waals surface area contributed by atoms with Crippen molar-refractivity contribution in [3.63, 3.8) is 0 Å². The standard InChI is InChI=1S/C12H15BrClNO2/c1-4-17-11(16)12(2,3)15-8-5-6-10(14)9(13)7-8/h5-7,15H,4H2,1-3H3. The lowest BCUT2D eigenvalue weighted by molar-refractivity contribution is -0.147. The summed E-state index contributed by atoms with van der Waals surface area (Å²) in [6.07, 6.45) is 0. The molecule has 0 aromatic heterocycles. The molecule has 0 saturated carbocycles. The summed E-state index contributed by atoms with van der Waals surface area (Å²) in [5.74, 6) is -0.286. The minimum Gasteiger partial charge on any atom is -0.464 e. The monoisotopic (exact) mass is 319 g/mol. The maximum Gasteiger partial charge on any atom is 0.331 e. The Labute approximate surface area is 115 Å². The fraction of sp³-hybridized carbons (Fsp3) is 0.417. The lowest BCUT2D eigenvalue weighted by atomic mass is 10.1. The topological polar surface area (TPSA) is 38.3 Å². The van der Waals surface area contributed by atoms with Gasteiger partial charge in [-0.25, -0.2) is 4.79 Å². The molecule has 0 aliphatic carbocycles. The van der Waals surface area contributed by atoms with E-state index in [0.29, 0.717) is 11.6 Å². The van der Waals surface area contributed by atoms with Gasteiger partial charge in [0.05, 0.1) is 11.6 Å². The first-order valence-corrected chi connectivity index (χ1v) is 6.44. The van der Waals surface area contributed by atoms with Crippen molar-refractivity contribution in [3.8, 4) is 0 Å². The van der Waals surface area contributed by atoms with Crippen molar-refractivity contribution < 1.29 is 9.53 Å². The highest BCUT2D eigenvalue weighted by atomic mass is 79.9. The predicted octanol–water partition coefficient (Wildman–Crippen LogP) is 3.86. The van der Waals surface area contributed by atoms with E-state index in [2.05, 4.69) is 21.2 Å². The molecule has 94 valence electrons. The Kier molecular flexibility index (Phi) is 4.83. The number of carbonyl (C=O) groups excluding carboxylic acids is 1. The highest BCUT2D eigenvalue weighted by Crippen LogP contribution is 2.27. The summed E-state index contributed by atoms with van der Waals surface area (Å²) >= 11 is 9.23. The molecule has 0 aliphatic rings. The summed E-state index contributed by atoms with van der Waals surface area (Å²) in [7, 11) is 0. The van der Waals surface area contributed by atoms with E-state index >= 15 is 0 Å². The van der Waals surface area contributed by atoms with Crippen LogP contribution in [0.3, 0.4) is 0 Å². The fourth-order valence-corrected chi connectivity index (χ4v) is 1.79. The van der Waals surface area contributed by atoms with Gasteiger partial charge in [-0.15, -0.1) is 0 Å². The van der Waals surface area contributed by atoms with Gasteiger partial charge in [-0.3, -0.25) is 0 Å². The maximum absolute atomic E-state index is 11.7. The lowest BCUT2D eigenvalue weighted by Gasteiger charge is -2.25. The Bertz CT molecular complexity index is 421. The van der Waals surface area contributed by atoms with Gasteiger partial charge in [0.1, 0.15) is 5.54 Å². The molecular weight excluding hydrogens is 305 g/mol. The second-order valence-corrected chi connectivity index (χ2v) is 5.36. The van der Waals surface area contributed by atoms with Crippen molar-refractivity contribution in [2.45, 2.75) is 26.3 Å². The van der Waals surface area contributed by atoms with Gasteiger partial charge in [0, 0.05) is 10.2 Å². The molecule has 0 bridgehead atoms. The van der Waals surface area contributed by atoms with Crippen LogP contribution in [0.2, 0.25) is 5.02 Å². The largest absolute Gasteiger partial charge is 0.464 e. The number of carbonyl (C=O) groups is 1. The van der Waals surface area contributed by atoms with E-state index < -0.39 is 5.54 Å². The fourth-order valence-electron chi connectivity index (χ4n) is 1.30. The Balaban J connectivity index is 2.82. The third kappa shape index (κ3) is 3.89. The first-order valence-electron chi connectivity index (χ1n) is 5.27. The van der Waals surface area contributed by atoms with Crippen LogP contribution in [0.1, 0.15) is 20.8 Å². The molecule has 1 aromatic rings. The molecule has 0 saturated heterocycles. The zero-order chi connectivity index (χ0) is 13.1. The molecule has 0 amide bonds. The molecular formula is C12H15BrClNO2. The number of ether oxygens (including phenoxy) is 1. The summed E-state index contributed by atoms with van der Waals surface area (Å²) in [6.45, 7) is 5.70. The SMILES string of the molecule is CCOC(=O)C(C)(C)Nc1ccc(Cl)c(Br)c1. The number of hydrogen-bond acceptors (Lipinski definition) is 3. The Morgan fingerprint density at radius 2 is 2.18 bits per heavy atom. The summed E-state index contributed by atoms with van der Waals surface area (Å²) in [5.41, 5.74) is 0.0304. The van der Waals surface area contributed by atoms with Crippen LogP contribution in [0.4, 0.5) is 5.69 Å². The molecule has 17 heavy (non-hydrogen) atoms. The van der Waals surface area contributed by atoms with Crippen LogP contribution in [0.15, 0.2) is 22.7 Å². The van der Waals surface area contributed by atoms with Crippen LogP contribution in [0.25, 0.3) is 0 Å². The van der Waals surface area contributed by atoms with Crippen molar-refractivity contribution >= 4 is 39.2 Å². The first-order chi connectivity index (χ1) is 7.86. The highest BCUT2D eigenvalue weighted by molar-refractivity contribution is 9.10. The summed E-state index contributed by atoms with van der Waals surface area (Å²) in [4.78, 5) is 11.7. The van der Waals surface area contributed by atoms with Crippen LogP contribution in [0.5, 0.6) is 0 Å². The van der Waals surface area contributed by atoms with Crippen LogP contribution in [0, 0.1) is 0 Å². The van der Waals surface area contributed by atoms with E-state index in [9.17, 15) is 4.79 Å². The molecule has 0 radical (unpaired) electrons. The average Bonchev–Trinajstić information content (AvgIpc) is 2.23. The summed E-state index contributed by atoms with van der Waals surface area (Å²) in [6, 6.07) is 5.40. The zero-order valence-corrected chi connectivity index (χ0v) is 12.4. The molecule has 0 unspecified atom stereocenters. The smallest absolute Gasteiger partial charge is 0.331 e. The molecule has 3 nitrogen and oxygen atoms in total. The van der Waals surface area contributed by atoms with Crippen LogP contribution < -0.4 is 5.32 Å². The third-order valence-electron chi connectivity index (χ3n) is 2.16. The minimum atomic E-state index is -0.775. The number of benzene rings is 1. The molecule has 0 heterocycles. The molecule has 1 rings (SSSR count). The number of esters is 1. The van der Waals surface area contributed by atoms with E-state index in [1.807, 2.05) is 12.1 Å². The normalized spacial score (nSPS) is 11.1. The van der Waals surface area contributed by atoms with E-state index in [1.54, 1.807) is 26.8 Å². The Morgan fingerprint density at radius 1 is 1.53 bits per heavy atom. The summed E-state index contributed by atoms with van der Waals surface area (Å²) < 4.78 is 5.77. The van der Waals surface area contributed by atoms with Crippen molar-refractivity contribution in [3.05, 3.63) is 27.7 Å². The molecule has 1 N–H and O–H groups in total. The molecule has 5 heteroatoms. The first kappa shape index (κ1) is 14.3. The zero-order valence-electron chi connectivity index (χ0n) is 10.0. The second kappa shape index (κ2) is 5.74. The molecule has 0 atom stereocenters. The van der Waals surface area contributed by atoms with Gasteiger partial charge < -0.3 is 10.1 Å². The lowest BCUT2D eigenvalue weighted by Crippen LogP contribution is -2.41. The highest BCUT2D eigenvalue weighted by Gasteiger charge is 2.28. The van der Waals surface area contributed by atoms with Crippen molar-refractivity contribution in [2.75, 3.05) is 11.9 Å². The van der Waals surface area contributed by atoms with Crippen LogP contribution >= 0.6 is 27.5 Å². The maximum atomic E-state index is 11.7. The van der Waals surface area contributed by atoms with Gasteiger partial charge in [0.2, 0.25) is 0 Å². The van der Waals surface area contributed by atoms with Gasteiger partial charge in [0.15, 0.2) is 0 Å². The van der Waals surface area contributed by atoms with Gasteiger partial charge in [-0.2, -0.15) is 0 Å². The third-order valence-corrected chi connectivity index (χ3v) is 3.38. The summed E-state index contributed by atoms with van der Waals surface area (Å²) in [5, 5.41) is 3.74. The minimum absolute atomic E-state index is 0.286. The van der Waals surface area contributed by atoms with Crippen molar-refractivity contribution in [1.29, 1.82) is 0 Å². The molecule has 0 fully saturated rings. The number of hydrogen-bond donors (Lipinski definition) is 1. The molecule has 0 spiro atoms. The van der Waals surface area contributed by atoms with E-state index in [0.717, 1.165) is 10.2 Å². The van der Waals surface area contributed by atoms with Crippen molar-refractivity contribution in [2.24, 2.45) is 0 Å². The van der Waals surface area contributed by atoms with Gasteiger partial charge in [-0.1, -0.05) is 11.6 Å². The molecule has 1 aromatic carbocycles. The van der Waals surface area contributed by atoms with Crippen molar-refractivity contribution in [1.82, 2.24) is 0 Å². The molecule has 0 aliphatic heterocycles. The second-order valence-electron chi connectivity index (χ2n) is 4.10. The quantitative estimate of drug-likeness (QED) is 0.856. The van der Waals surface area contributed by atoms with E-state index in [4.69, 9.17) is 16.3 Å². The van der Waals surface area contributed by atoms with E-state index in [1.165, 1.54) is 0 Å². The number of rotatable bonds is 4. The van der Waals surface area contributed by atoms with Crippen LogP contribution in [-0.2, 0) is 9.53 Å². The number of halogens is 2. The Morgan fingerprint density at radius 3 is 2.71 bits per heavy atom.